The van der Waals surface area contributed by atoms with Crippen LogP contribution in [0.1, 0.15) is 56.0 Å². The number of para-hydroxylation sites is 1. The Balaban J connectivity index is 1.96. The topological polar surface area (TPSA) is 30.9 Å². The zero-order valence-corrected chi connectivity index (χ0v) is 16.8. The quantitative estimate of drug-likeness (QED) is 0.643. The lowest BCUT2D eigenvalue weighted by molar-refractivity contribution is 0.589. The fraction of sp³-hybridized carbons (Fsp3) is 0.417. The van der Waals surface area contributed by atoms with Crippen LogP contribution in [0.15, 0.2) is 48.5 Å². The van der Waals surface area contributed by atoms with Crippen LogP contribution in [0.25, 0.3) is 10.9 Å². The number of aryl methyl sites for hydroxylation is 1. The van der Waals surface area contributed by atoms with E-state index in [0.29, 0.717) is 12.5 Å². The minimum absolute atomic E-state index is 0.182. The average Bonchev–Trinajstić information content (AvgIpc) is 2.90. The van der Waals surface area contributed by atoms with E-state index in [1.165, 1.54) is 33.3 Å². The van der Waals surface area contributed by atoms with Crippen molar-refractivity contribution in [1.29, 1.82) is 0 Å². The maximum Gasteiger partial charge on any atom is 0.0485 e. The number of rotatable bonds is 5. The van der Waals surface area contributed by atoms with Crippen molar-refractivity contribution in [1.82, 2.24) is 4.57 Å². The van der Waals surface area contributed by atoms with Gasteiger partial charge >= 0.3 is 0 Å². The van der Waals surface area contributed by atoms with Crippen molar-refractivity contribution in [2.75, 3.05) is 6.54 Å². The van der Waals surface area contributed by atoms with Gasteiger partial charge in [0.05, 0.1) is 0 Å². The summed E-state index contributed by atoms with van der Waals surface area (Å²) in [5, 5.41) is 1.37. The van der Waals surface area contributed by atoms with Crippen LogP contribution in [0.2, 0.25) is 0 Å². The molecule has 0 saturated heterocycles. The number of fused-ring (bicyclic) bond motifs is 1. The van der Waals surface area contributed by atoms with E-state index < -0.39 is 0 Å². The molecule has 1 heterocycles. The molecule has 1 atom stereocenters. The lowest BCUT2D eigenvalue weighted by Crippen LogP contribution is -2.16. The number of nitrogens with zero attached hydrogens (tertiary/aromatic N) is 1. The van der Waals surface area contributed by atoms with E-state index in [1.54, 1.807) is 0 Å². The monoisotopic (exact) mass is 348 g/mol. The van der Waals surface area contributed by atoms with Crippen molar-refractivity contribution < 1.29 is 0 Å². The van der Waals surface area contributed by atoms with Crippen LogP contribution in [0.3, 0.4) is 0 Å². The Kier molecular flexibility index (Phi) is 5.24. The van der Waals surface area contributed by atoms with Crippen molar-refractivity contribution in [2.45, 2.75) is 58.9 Å². The predicted molar refractivity (Wildman–Crippen MR) is 113 cm³/mol. The van der Waals surface area contributed by atoms with Crippen molar-refractivity contribution >= 4 is 10.9 Å². The van der Waals surface area contributed by atoms with Crippen LogP contribution in [0, 0.1) is 6.92 Å². The molecular formula is C24H32N2. The predicted octanol–water partition coefficient (Wildman–Crippen LogP) is 5.55. The Hall–Kier alpha value is -2.06. The summed E-state index contributed by atoms with van der Waals surface area (Å²) in [5.41, 5.74) is 13.2. The molecule has 2 nitrogen and oxygen atoms in total. The van der Waals surface area contributed by atoms with E-state index in [0.717, 1.165) is 13.0 Å². The first-order valence-electron chi connectivity index (χ1n) is 9.74. The second-order valence-electron chi connectivity index (χ2n) is 8.33. The number of hydrogen-bond donors (Lipinski definition) is 1. The second kappa shape index (κ2) is 7.28. The second-order valence-corrected chi connectivity index (χ2v) is 8.33. The molecule has 1 aromatic heterocycles. The SMILES string of the molecule is CCn1c(C)c(CC(CN)c2ccc(C(C)(C)C)cc2)c2ccccc21. The smallest absolute Gasteiger partial charge is 0.0485 e. The molecular weight excluding hydrogens is 316 g/mol. The average molecular weight is 349 g/mol. The minimum atomic E-state index is 0.182. The van der Waals surface area contributed by atoms with Gasteiger partial charge in [-0.1, -0.05) is 63.2 Å². The van der Waals surface area contributed by atoms with Crippen molar-refractivity contribution in [2.24, 2.45) is 5.73 Å². The zero-order valence-electron chi connectivity index (χ0n) is 16.8. The van der Waals surface area contributed by atoms with Crippen LogP contribution in [0.4, 0.5) is 0 Å². The molecule has 0 bridgehead atoms. The fourth-order valence-corrected chi connectivity index (χ4v) is 4.01. The molecule has 0 aliphatic rings. The Morgan fingerprint density at radius 2 is 1.65 bits per heavy atom. The van der Waals surface area contributed by atoms with Gasteiger partial charge < -0.3 is 10.3 Å². The molecule has 0 aliphatic carbocycles. The molecule has 3 rings (SSSR count). The van der Waals surface area contributed by atoms with Crippen LogP contribution in [-0.4, -0.2) is 11.1 Å². The molecule has 0 fully saturated rings. The molecule has 2 heteroatoms. The Bertz CT molecular complexity index is 879. The minimum Gasteiger partial charge on any atom is -0.345 e. The number of aromatic nitrogens is 1. The highest BCUT2D eigenvalue weighted by Crippen LogP contribution is 2.31. The third-order valence-electron chi connectivity index (χ3n) is 5.66. The molecule has 2 aromatic carbocycles. The maximum absolute atomic E-state index is 6.20. The summed E-state index contributed by atoms with van der Waals surface area (Å²) < 4.78 is 2.42. The van der Waals surface area contributed by atoms with Gasteiger partial charge in [-0.2, -0.15) is 0 Å². The van der Waals surface area contributed by atoms with Gasteiger partial charge in [-0.25, -0.2) is 0 Å². The standard InChI is InChI=1S/C24H32N2/c1-6-26-17(2)22(21-9-7-8-10-23(21)26)15-19(16-25)18-11-13-20(14-12-18)24(3,4)5/h7-14,19H,6,15-16,25H2,1-5H3. The first kappa shape index (κ1) is 18.7. The normalized spacial score (nSPS) is 13.3. The summed E-state index contributed by atoms with van der Waals surface area (Å²) >= 11 is 0. The summed E-state index contributed by atoms with van der Waals surface area (Å²) in [6.07, 6.45) is 0.991. The number of hydrogen-bond acceptors (Lipinski definition) is 1. The van der Waals surface area contributed by atoms with Gasteiger partial charge in [0.2, 0.25) is 0 Å². The first-order valence-corrected chi connectivity index (χ1v) is 9.74. The maximum atomic E-state index is 6.20. The highest BCUT2D eigenvalue weighted by molar-refractivity contribution is 5.85. The molecule has 0 radical (unpaired) electrons. The third kappa shape index (κ3) is 3.43. The Labute approximate surface area is 158 Å². The van der Waals surface area contributed by atoms with Gasteiger partial charge in [-0.3, -0.25) is 0 Å². The molecule has 1 unspecified atom stereocenters. The van der Waals surface area contributed by atoms with Crippen molar-refractivity contribution in [3.8, 4) is 0 Å². The van der Waals surface area contributed by atoms with Crippen LogP contribution >= 0.6 is 0 Å². The third-order valence-corrected chi connectivity index (χ3v) is 5.66. The van der Waals surface area contributed by atoms with E-state index in [1.807, 2.05) is 0 Å². The van der Waals surface area contributed by atoms with Crippen molar-refractivity contribution in [3.63, 3.8) is 0 Å². The van der Waals surface area contributed by atoms with Crippen LogP contribution < -0.4 is 5.73 Å². The van der Waals surface area contributed by atoms with Gasteiger partial charge in [-0.15, -0.1) is 0 Å². The zero-order chi connectivity index (χ0) is 18.9. The summed E-state index contributed by atoms with van der Waals surface area (Å²) in [7, 11) is 0. The van der Waals surface area contributed by atoms with E-state index in [-0.39, 0.29) is 5.41 Å². The Morgan fingerprint density at radius 1 is 1.00 bits per heavy atom. The van der Waals surface area contributed by atoms with Crippen LogP contribution in [0.5, 0.6) is 0 Å². The Morgan fingerprint density at radius 3 is 2.23 bits per heavy atom. The highest BCUT2D eigenvalue weighted by atomic mass is 15.0. The summed E-state index contributed by atoms with van der Waals surface area (Å²) in [4.78, 5) is 0. The van der Waals surface area contributed by atoms with Crippen molar-refractivity contribution in [3.05, 3.63) is 70.9 Å². The first-order chi connectivity index (χ1) is 12.4. The largest absolute Gasteiger partial charge is 0.345 e. The van der Waals surface area contributed by atoms with E-state index >= 15 is 0 Å². The van der Waals surface area contributed by atoms with Crippen LogP contribution in [-0.2, 0) is 18.4 Å². The van der Waals surface area contributed by atoms with E-state index in [9.17, 15) is 0 Å². The summed E-state index contributed by atoms with van der Waals surface area (Å²) in [6, 6.07) is 17.8. The van der Waals surface area contributed by atoms with Gasteiger partial charge in [-0.05, 0) is 55.0 Å². The van der Waals surface area contributed by atoms with E-state index in [2.05, 4.69) is 87.7 Å². The molecule has 0 spiro atoms. The lowest BCUT2D eigenvalue weighted by atomic mass is 9.84. The van der Waals surface area contributed by atoms with Gasteiger partial charge in [0, 0.05) is 29.1 Å². The van der Waals surface area contributed by atoms with E-state index in [4.69, 9.17) is 5.73 Å². The molecule has 0 saturated carbocycles. The number of nitrogens with two attached hydrogens (primary N) is 1. The van der Waals surface area contributed by atoms with Gasteiger partial charge in [0.15, 0.2) is 0 Å². The number of benzene rings is 2. The molecule has 0 aliphatic heterocycles. The summed E-state index contributed by atoms with van der Waals surface area (Å²) in [6.45, 7) is 12.9. The van der Waals surface area contributed by atoms with Gasteiger partial charge in [0.25, 0.3) is 0 Å². The summed E-state index contributed by atoms with van der Waals surface area (Å²) in [5.74, 6) is 0.346. The fourth-order valence-electron chi connectivity index (χ4n) is 4.01. The highest BCUT2D eigenvalue weighted by Gasteiger charge is 2.19. The lowest BCUT2D eigenvalue weighted by Gasteiger charge is -2.21. The molecule has 138 valence electrons. The molecule has 0 amide bonds. The molecule has 26 heavy (non-hydrogen) atoms. The molecule has 2 N–H and O–H groups in total. The molecule has 3 aromatic rings. The van der Waals surface area contributed by atoms with Gasteiger partial charge in [0.1, 0.15) is 0 Å².